The third-order valence-electron chi connectivity index (χ3n) is 4.39. The molecule has 0 spiro atoms. The molecule has 2 N–H and O–H groups in total. The maximum Gasteiger partial charge on any atom is 0.305 e. The van der Waals surface area contributed by atoms with Gasteiger partial charge in [0.15, 0.2) is 0 Å². The number of carbonyl (C=O) groups is 2. The van der Waals surface area contributed by atoms with Crippen molar-refractivity contribution in [2.24, 2.45) is 5.92 Å². The van der Waals surface area contributed by atoms with Crippen molar-refractivity contribution in [1.82, 2.24) is 9.62 Å². The van der Waals surface area contributed by atoms with E-state index in [0.717, 1.165) is 0 Å². The van der Waals surface area contributed by atoms with Gasteiger partial charge in [-0.05, 0) is 44.0 Å². The fourth-order valence-corrected chi connectivity index (χ4v) is 4.40. The second-order valence-electron chi connectivity index (χ2n) is 6.36. The van der Waals surface area contributed by atoms with Crippen LogP contribution in [0.1, 0.15) is 26.2 Å². The van der Waals surface area contributed by atoms with Crippen molar-refractivity contribution in [2.45, 2.75) is 37.1 Å². The van der Waals surface area contributed by atoms with Crippen LogP contribution in [-0.2, 0) is 19.6 Å². The van der Waals surface area contributed by atoms with Crippen molar-refractivity contribution in [3.63, 3.8) is 0 Å². The summed E-state index contributed by atoms with van der Waals surface area (Å²) in [7, 11) is -2.10. The number of amides is 1. The van der Waals surface area contributed by atoms with E-state index in [4.69, 9.17) is 9.84 Å². The van der Waals surface area contributed by atoms with E-state index in [2.05, 4.69) is 5.32 Å². The van der Waals surface area contributed by atoms with Gasteiger partial charge in [-0.3, -0.25) is 9.59 Å². The molecule has 1 atom stereocenters. The summed E-state index contributed by atoms with van der Waals surface area (Å²) in [6, 6.07) is 5.73. The van der Waals surface area contributed by atoms with Crippen molar-refractivity contribution in [3.8, 4) is 5.75 Å². The molecule has 0 aromatic heterocycles. The van der Waals surface area contributed by atoms with E-state index in [0.29, 0.717) is 18.6 Å². The minimum atomic E-state index is -3.61. The Bertz CT molecular complexity index is 739. The number of aliphatic carboxylic acids is 1. The van der Waals surface area contributed by atoms with Crippen molar-refractivity contribution >= 4 is 21.9 Å². The number of carboxylic acids is 1. The number of hydrogen-bond acceptors (Lipinski definition) is 5. The largest absolute Gasteiger partial charge is 0.497 e. The summed E-state index contributed by atoms with van der Waals surface area (Å²) >= 11 is 0. The van der Waals surface area contributed by atoms with Crippen LogP contribution in [0.15, 0.2) is 29.2 Å². The smallest absolute Gasteiger partial charge is 0.305 e. The van der Waals surface area contributed by atoms with Gasteiger partial charge < -0.3 is 15.2 Å². The first kappa shape index (κ1) is 20.2. The average molecular weight is 384 g/mol. The van der Waals surface area contributed by atoms with Crippen molar-refractivity contribution < 1.29 is 27.9 Å². The number of rotatable bonds is 7. The number of carboxylic acid groups (broad SMARTS) is 1. The van der Waals surface area contributed by atoms with E-state index in [1.165, 1.54) is 23.5 Å². The highest BCUT2D eigenvalue weighted by atomic mass is 32.2. The number of nitrogens with one attached hydrogen (secondary N) is 1. The van der Waals surface area contributed by atoms with Crippen molar-refractivity contribution in [1.29, 1.82) is 0 Å². The average Bonchev–Trinajstić information content (AvgIpc) is 2.61. The molecule has 1 amide bonds. The van der Waals surface area contributed by atoms with Gasteiger partial charge in [0, 0.05) is 25.0 Å². The van der Waals surface area contributed by atoms with Crippen LogP contribution in [0, 0.1) is 5.92 Å². The number of carbonyl (C=O) groups excluding carboxylic acids is 1. The van der Waals surface area contributed by atoms with Crippen LogP contribution in [-0.4, -0.2) is 55.9 Å². The van der Waals surface area contributed by atoms with Crippen LogP contribution >= 0.6 is 0 Å². The molecule has 0 bridgehead atoms. The van der Waals surface area contributed by atoms with Gasteiger partial charge in [-0.1, -0.05) is 0 Å². The summed E-state index contributed by atoms with van der Waals surface area (Å²) in [5, 5.41) is 11.4. The molecule has 1 saturated heterocycles. The van der Waals surface area contributed by atoms with Crippen LogP contribution in [0.25, 0.3) is 0 Å². The zero-order valence-corrected chi connectivity index (χ0v) is 15.7. The third kappa shape index (κ3) is 4.95. The SMILES string of the molecule is COc1ccc(S(=O)(=O)N2CCC(C(=O)NC(C)CC(=O)O)CC2)cc1. The molecule has 0 saturated carbocycles. The highest BCUT2D eigenvalue weighted by Gasteiger charge is 2.32. The lowest BCUT2D eigenvalue weighted by atomic mass is 9.97. The van der Waals surface area contributed by atoms with Gasteiger partial charge in [-0.2, -0.15) is 4.31 Å². The molecular formula is C17H24N2O6S. The molecule has 2 rings (SSSR count). The Morgan fingerprint density at radius 3 is 2.35 bits per heavy atom. The van der Waals surface area contributed by atoms with E-state index in [1.54, 1.807) is 19.1 Å². The first-order valence-corrected chi connectivity index (χ1v) is 9.84. The summed E-state index contributed by atoms with van der Waals surface area (Å²) < 4.78 is 31.8. The van der Waals surface area contributed by atoms with Crippen LogP contribution in [0.4, 0.5) is 0 Å². The van der Waals surface area contributed by atoms with E-state index < -0.39 is 22.0 Å². The molecule has 1 aliphatic heterocycles. The lowest BCUT2D eigenvalue weighted by Gasteiger charge is -2.31. The second kappa shape index (κ2) is 8.50. The first-order valence-electron chi connectivity index (χ1n) is 8.40. The lowest BCUT2D eigenvalue weighted by Crippen LogP contribution is -2.45. The van der Waals surface area contributed by atoms with Gasteiger partial charge in [0.25, 0.3) is 0 Å². The second-order valence-corrected chi connectivity index (χ2v) is 8.30. The first-order chi connectivity index (χ1) is 12.2. The molecule has 1 aromatic carbocycles. The molecule has 0 aliphatic carbocycles. The lowest BCUT2D eigenvalue weighted by molar-refractivity contribution is -0.137. The number of nitrogens with zero attached hydrogens (tertiary/aromatic N) is 1. The summed E-state index contributed by atoms with van der Waals surface area (Å²) in [4.78, 5) is 23.1. The molecule has 1 fully saturated rings. The zero-order chi connectivity index (χ0) is 19.3. The standard InChI is InChI=1S/C17H24N2O6S/c1-12(11-16(20)21)18-17(22)13-7-9-19(10-8-13)26(23,24)15-5-3-14(25-2)4-6-15/h3-6,12-13H,7-11H2,1-2H3,(H,18,22)(H,20,21). The Labute approximate surface area is 153 Å². The van der Waals surface area contributed by atoms with Gasteiger partial charge in [0.2, 0.25) is 15.9 Å². The summed E-state index contributed by atoms with van der Waals surface area (Å²) in [6.45, 7) is 2.13. The van der Waals surface area contributed by atoms with E-state index >= 15 is 0 Å². The normalized spacial score (nSPS) is 17.5. The number of methoxy groups -OCH3 is 1. The quantitative estimate of drug-likeness (QED) is 0.727. The highest BCUT2D eigenvalue weighted by Crippen LogP contribution is 2.25. The predicted octanol–water partition coefficient (Wildman–Crippen LogP) is 1.08. The van der Waals surface area contributed by atoms with Crippen molar-refractivity contribution in [2.75, 3.05) is 20.2 Å². The monoisotopic (exact) mass is 384 g/mol. The van der Waals surface area contributed by atoms with Gasteiger partial charge in [-0.25, -0.2) is 8.42 Å². The van der Waals surface area contributed by atoms with Crippen LogP contribution in [0.2, 0.25) is 0 Å². The molecule has 0 radical (unpaired) electrons. The van der Waals surface area contributed by atoms with Gasteiger partial charge >= 0.3 is 5.97 Å². The van der Waals surface area contributed by atoms with Crippen LogP contribution in [0.5, 0.6) is 5.75 Å². The maximum absolute atomic E-state index is 12.7. The van der Waals surface area contributed by atoms with Crippen LogP contribution < -0.4 is 10.1 Å². The Hall–Kier alpha value is -2.13. The number of benzene rings is 1. The van der Waals surface area contributed by atoms with Gasteiger partial charge in [-0.15, -0.1) is 0 Å². The summed E-state index contributed by atoms with van der Waals surface area (Å²) in [5.41, 5.74) is 0. The van der Waals surface area contributed by atoms with E-state index in [1.807, 2.05) is 0 Å². The van der Waals surface area contributed by atoms with Crippen LogP contribution in [0.3, 0.4) is 0 Å². The molecule has 1 unspecified atom stereocenters. The predicted molar refractivity (Wildman–Crippen MR) is 94.3 cm³/mol. The molecule has 9 heteroatoms. The minimum absolute atomic E-state index is 0.142. The molecule has 1 heterocycles. The van der Waals surface area contributed by atoms with Crippen molar-refractivity contribution in [3.05, 3.63) is 24.3 Å². The number of sulfonamides is 1. The van der Waals surface area contributed by atoms with E-state index in [-0.39, 0.29) is 36.2 Å². The molecule has 1 aliphatic rings. The number of hydrogen-bond donors (Lipinski definition) is 2. The molecule has 144 valence electrons. The minimum Gasteiger partial charge on any atom is -0.497 e. The Morgan fingerprint density at radius 1 is 1.27 bits per heavy atom. The fraction of sp³-hybridized carbons (Fsp3) is 0.529. The summed E-state index contributed by atoms with van der Waals surface area (Å²) in [5.74, 6) is -0.929. The topological polar surface area (TPSA) is 113 Å². The molecular weight excluding hydrogens is 360 g/mol. The van der Waals surface area contributed by atoms with E-state index in [9.17, 15) is 18.0 Å². The Balaban J connectivity index is 1.94. The molecule has 1 aromatic rings. The zero-order valence-electron chi connectivity index (χ0n) is 14.8. The Kier molecular flexibility index (Phi) is 6.60. The molecule has 8 nitrogen and oxygen atoms in total. The Morgan fingerprint density at radius 2 is 1.85 bits per heavy atom. The summed E-state index contributed by atoms with van der Waals surface area (Å²) in [6.07, 6.45) is 0.665. The number of piperidine rings is 1. The maximum atomic E-state index is 12.7. The number of ether oxygens (including phenoxy) is 1. The fourth-order valence-electron chi connectivity index (χ4n) is 2.93. The highest BCUT2D eigenvalue weighted by molar-refractivity contribution is 7.89. The third-order valence-corrected chi connectivity index (χ3v) is 6.30. The molecule has 26 heavy (non-hydrogen) atoms. The van der Waals surface area contributed by atoms with Gasteiger partial charge in [0.1, 0.15) is 5.75 Å². The van der Waals surface area contributed by atoms with Gasteiger partial charge in [0.05, 0.1) is 18.4 Å².